The van der Waals surface area contributed by atoms with E-state index in [9.17, 15) is 9.59 Å². The topological polar surface area (TPSA) is 78.6 Å². The van der Waals surface area contributed by atoms with Gasteiger partial charge in [0, 0.05) is 19.4 Å². The Balaban J connectivity index is 2.65. The van der Waals surface area contributed by atoms with Gasteiger partial charge in [0.2, 0.25) is 0 Å². The molecule has 2 aromatic carbocycles. The molecule has 0 heterocycles. The van der Waals surface area contributed by atoms with E-state index in [0.717, 1.165) is 28.3 Å². The van der Waals surface area contributed by atoms with Gasteiger partial charge in [0.25, 0.3) is 0 Å². The number of aryl methyl sites for hydroxylation is 1. The van der Waals surface area contributed by atoms with Crippen molar-refractivity contribution >= 4 is 22.7 Å². The molecule has 5 heteroatoms. The second kappa shape index (κ2) is 6.58. The zero-order valence-electron chi connectivity index (χ0n) is 12.9. The molecular formula is C17H19NO4. The molecule has 0 spiro atoms. The molecule has 0 amide bonds. The number of hydrogen-bond donors (Lipinski definition) is 1. The van der Waals surface area contributed by atoms with E-state index in [1.54, 1.807) is 6.07 Å². The van der Waals surface area contributed by atoms with Crippen LogP contribution in [0.4, 0.5) is 0 Å². The van der Waals surface area contributed by atoms with Crippen molar-refractivity contribution in [1.29, 1.82) is 0 Å². The first-order valence-corrected chi connectivity index (χ1v) is 7.05. The second-order valence-corrected chi connectivity index (χ2v) is 5.11. The predicted molar refractivity (Wildman–Crippen MR) is 84.1 cm³/mol. The van der Waals surface area contributed by atoms with Crippen LogP contribution in [0.1, 0.15) is 25.0 Å². The first-order chi connectivity index (χ1) is 10.4. The number of fused-ring (bicyclic) bond motifs is 1. The Bertz CT molecular complexity index is 737. The SMILES string of the molecule is CC(=O)Oc1cc2ccc(CCN)cc2c(C)c1OC(C)=O. The average Bonchev–Trinajstić information content (AvgIpc) is 2.43. The number of nitrogens with two attached hydrogens (primary N) is 1. The summed E-state index contributed by atoms with van der Waals surface area (Å²) in [5.74, 6) is -0.403. The summed E-state index contributed by atoms with van der Waals surface area (Å²) in [6, 6.07) is 7.64. The zero-order valence-corrected chi connectivity index (χ0v) is 12.9. The standard InChI is InChI=1S/C17H19NO4/c1-10-15-8-13(6-7-18)4-5-14(15)9-16(21-11(2)19)17(10)22-12(3)20/h4-5,8-9H,6-7,18H2,1-3H3. The summed E-state index contributed by atoms with van der Waals surface area (Å²) < 4.78 is 10.4. The number of benzene rings is 2. The van der Waals surface area contributed by atoms with Crippen LogP contribution in [0.5, 0.6) is 11.5 Å². The van der Waals surface area contributed by atoms with Crippen LogP contribution in [0.3, 0.4) is 0 Å². The molecule has 0 aliphatic rings. The average molecular weight is 301 g/mol. The fourth-order valence-corrected chi connectivity index (χ4v) is 2.39. The molecule has 0 fully saturated rings. The minimum Gasteiger partial charge on any atom is -0.423 e. The van der Waals surface area contributed by atoms with E-state index >= 15 is 0 Å². The van der Waals surface area contributed by atoms with Gasteiger partial charge in [-0.15, -0.1) is 0 Å². The summed E-state index contributed by atoms with van der Waals surface area (Å²) in [6.45, 7) is 5.01. The van der Waals surface area contributed by atoms with E-state index in [2.05, 4.69) is 0 Å². The maximum Gasteiger partial charge on any atom is 0.308 e. The van der Waals surface area contributed by atoms with E-state index in [-0.39, 0.29) is 11.5 Å². The summed E-state index contributed by atoms with van der Waals surface area (Å²) in [6.07, 6.45) is 0.768. The highest BCUT2D eigenvalue weighted by Gasteiger charge is 2.16. The lowest BCUT2D eigenvalue weighted by molar-refractivity contribution is -0.134. The molecule has 2 rings (SSSR count). The van der Waals surface area contributed by atoms with E-state index in [0.29, 0.717) is 6.54 Å². The molecule has 0 bridgehead atoms. The second-order valence-electron chi connectivity index (χ2n) is 5.11. The molecule has 22 heavy (non-hydrogen) atoms. The Kier molecular flexibility index (Phi) is 4.78. The quantitative estimate of drug-likeness (QED) is 0.693. The molecular weight excluding hydrogens is 282 g/mol. The van der Waals surface area contributed by atoms with Crippen LogP contribution in [0.25, 0.3) is 10.8 Å². The van der Waals surface area contributed by atoms with Crippen LogP contribution in [0.2, 0.25) is 0 Å². The van der Waals surface area contributed by atoms with Crippen LogP contribution in [-0.2, 0) is 16.0 Å². The molecule has 0 atom stereocenters. The van der Waals surface area contributed by atoms with Crippen molar-refractivity contribution in [2.45, 2.75) is 27.2 Å². The minimum atomic E-state index is -0.466. The molecule has 0 unspecified atom stereocenters. The molecule has 0 saturated heterocycles. The molecule has 0 radical (unpaired) electrons. The number of rotatable bonds is 4. The number of hydrogen-bond acceptors (Lipinski definition) is 5. The maximum absolute atomic E-state index is 11.3. The molecule has 2 aromatic rings. The number of esters is 2. The Morgan fingerprint density at radius 2 is 1.77 bits per heavy atom. The Labute approximate surface area is 129 Å². The first kappa shape index (κ1) is 16.0. The molecule has 0 aliphatic heterocycles. The summed E-state index contributed by atoms with van der Waals surface area (Å²) in [4.78, 5) is 22.6. The Morgan fingerprint density at radius 1 is 1.09 bits per heavy atom. The van der Waals surface area contributed by atoms with Crippen molar-refractivity contribution in [3.05, 3.63) is 35.4 Å². The summed E-state index contributed by atoms with van der Waals surface area (Å²) in [5.41, 5.74) is 7.45. The Hall–Kier alpha value is -2.40. The lowest BCUT2D eigenvalue weighted by atomic mass is 10.00. The van der Waals surface area contributed by atoms with Crippen molar-refractivity contribution in [1.82, 2.24) is 0 Å². The van der Waals surface area contributed by atoms with Gasteiger partial charge >= 0.3 is 11.9 Å². The number of carbonyl (C=O) groups excluding carboxylic acids is 2. The maximum atomic E-state index is 11.3. The monoisotopic (exact) mass is 301 g/mol. The number of ether oxygens (including phenoxy) is 2. The van der Waals surface area contributed by atoms with Crippen LogP contribution >= 0.6 is 0 Å². The molecule has 5 nitrogen and oxygen atoms in total. The predicted octanol–water partition coefficient (Wildman–Crippen LogP) is 2.50. The van der Waals surface area contributed by atoms with E-state index < -0.39 is 11.9 Å². The zero-order chi connectivity index (χ0) is 16.3. The third-order valence-corrected chi connectivity index (χ3v) is 3.31. The van der Waals surface area contributed by atoms with Crippen LogP contribution < -0.4 is 15.2 Å². The first-order valence-electron chi connectivity index (χ1n) is 7.05. The normalized spacial score (nSPS) is 10.5. The lowest BCUT2D eigenvalue weighted by Gasteiger charge is -2.14. The summed E-state index contributed by atoms with van der Waals surface area (Å²) in [7, 11) is 0. The summed E-state index contributed by atoms with van der Waals surface area (Å²) >= 11 is 0. The minimum absolute atomic E-state index is 0.249. The van der Waals surface area contributed by atoms with Gasteiger partial charge in [0.05, 0.1) is 0 Å². The summed E-state index contributed by atoms with van der Waals surface area (Å²) in [5, 5.41) is 1.85. The third-order valence-electron chi connectivity index (χ3n) is 3.31. The highest BCUT2D eigenvalue weighted by atomic mass is 16.6. The van der Waals surface area contributed by atoms with Crippen LogP contribution in [0.15, 0.2) is 24.3 Å². The highest BCUT2D eigenvalue weighted by Crippen LogP contribution is 2.38. The van der Waals surface area contributed by atoms with Gasteiger partial charge in [-0.3, -0.25) is 9.59 Å². The van der Waals surface area contributed by atoms with Gasteiger partial charge in [-0.05, 0) is 42.3 Å². The molecule has 2 N–H and O–H groups in total. The molecule has 0 saturated carbocycles. The van der Waals surface area contributed by atoms with Gasteiger partial charge in [0.15, 0.2) is 11.5 Å². The number of carbonyl (C=O) groups is 2. The molecule has 0 aliphatic carbocycles. The fourth-order valence-electron chi connectivity index (χ4n) is 2.39. The van der Waals surface area contributed by atoms with Crippen molar-refractivity contribution in [2.75, 3.05) is 6.54 Å². The molecule has 116 valence electrons. The van der Waals surface area contributed by atoms with Gasteiger partial charge < -0.3 is 15.2 Å². The highest BCUT2D eigenvalue weighted by molar-refractivity contribution is 5.92. The lowest BCUT2D eigenvalue weighted by Crippen LogP contribution is -2.09. The van der Waals surface area contributed by atoms with Gasteiger partial charge in [0.1, 0.15) is 0 Å². The van der Waals surface area contributed by atoms with Crippen molar-refractivity contribution < 1.29 is 19.1 Å². The fraction of sp³-hybridized carbons (Fsp3) is 0.294. The largest absolute Gasteiger partial charge is 0.423 e. The van der Waals surface area contributed by atoms with Crippen LogP contribution in [-0.4, -0.2) is 18.5 Å². The Morgan fingerprint density at radius 3 is 2.36 bits per heavy atom. The smallest absolute Gasteiger partial charge is 0.308 e. The molecule has 0 aromatic heterocycles. The third kappa shape index (κ3) is 3.43. The van der Waals surface area contributed by atoms with E-state index in [1.807, 2.05) is 25.1 Å². The van der Waals surface area contributed by atoms with Crippen molar-refractivity contribution in [3.63, 3.8) is 0 Å². The van der Waals surface area contributed by atoms with Gasteiger partial charge in [-0.25, -0.2) is 0 Å². The van der Waals surface area contributed by atoms with E-state index in [1.165, 1.54) is 13.8 Å². The van der Waals surface area contributed by atoms with Gasteiger partial charge in [-0.1, -0.05) is 18.2 Å². The van der Waals surface area contributed by atoms with E-state index in [4.69, 9.17) is 15.2 Å². The van der Waals surface area contributed by atoms with Gasteiger partial charge in [-0.2, -0.15) is 0 Å². The van der Waals surface area contributed by atoms with Crippen molar-refractivity contribution in [3.8, 4) is 11.5 Å². The van der Waals surface area contributed by atoms with Crippen molar-refractivity contribution in [2.24, 2.45) is 5.73 Å². The van der Waals surface area contributed by atoms with Crippen LogP contribution in [0, 0.1) is 6.92 Å².